The first kappa shape index (κ1) is 30.2. The van der Waals surface area contributed by atoms with Crippen molar-refractivity contribution in [3.05, 3.63) is 89.2 Å². The molecule has 3 rings (SSSR count). The maximum atomic E-state index is 14.6. The number of benzene rings is 3. The molecule has 0 aliphatic carbocycles. The molecule has 0 aliphatic rings. The number of carbonyl (C=O) groups excluding carboxylic acids is 1. The monoisotopic (exact) mass is 568 g/mol. The number of nitrogen functional groups attached to an aromatic ring is 2. The third-order valence-electron chi connectivity index (χ3n) is 5.46. The molecule has 4 N–H and O–H groups in total. The summed E-state index contributed by atoms with van der Waals surface area (Å²) in [5, 5.41) is 0. The van der Waals surface area contributed by atoms with Gasteiger partial charge in [0.2, 0.25) is 0 Å². The molecule has 0 fully saturated rings. The summed E-state index contributed by atoms with van der Waals surface area (Å²) in [6.07, 6.45) is -6.77. The van der Waals surface area contributed by atoms with Crippen molar-refractivity contribution in [1.29, 1.82) is 0 Å². The lowest BCUT2D eigenvalue weighted by atomic mass is 10.1. The fourth-order valence-electron chi connectivity index (χ4n) is 3.42. The Morgan fingerprint density at radius 3 is 2.27 bits per heavy atom. The molecule has 0 saturated heterocycles. The Morgan fingerprint density at radius 2 is 1.62 bits per heavy atom. The van der Waals surface area contributed by atoms with Crippen LogP contribution in [0.1, 0.15) is 29.5 Å². The number of nitrogens with two attached hydrogens (primary N) is 2. The molecule has 0 unspecified atom stereocenters. The van der Waals surface area contributed by atoms with Gasteiger partial charge in [0.15, 0.2) is 11.6 Å². The smallest absolute Gasteiger partial charge is 0.426 e. The first-order chi connectivity index (χ1) is 18.8. The van der Waals surface area contributed by atoms with Crippen LogP contribution >= 0.6 is 0 Å². The Kier molecular flexibility index (Phi) is 9.92. The number of anilines is 2. The summed E-state index contributed by atoms with van der Waals surface area (Å²) in [5.74, 6) is -2.72. The third kappa shape index (κ3) is 9.44. The van der Waals surface area contributed by atoms with E-state index in [0.717, 1.165) is 42.0 Å². The summed E-state index contributed by atoms with van der Waals surface area (Å²) < 4.78 is 94.7. The quantitative estimate of drug-likeness (QED) is 0.0836. The molecule has 3 aromatic carbocycles. The van der Waals surface area contributed by atoms with Crippen molar-refractivity contribution < 1.29 is 45.3 Å². The Morgan fingerprint density at radius 1 is 0.900 bits per heavy atom. The van der Waals surface area contributed by atoms with Crippen molar-refractivity contribution in [2.75, 3.05) is 24.7 Å². The van der Waals surface area contributed by atoms with Gasteiger partial charge in [0.1, 0.15) is 5.75 Å². The highest BCUT2D eigenvalue weighted by Crippen LogP contribution is 2.34. The lowest BCUT2D eigenvalue weighted by Gasteiger charge is -2.19. The van der Waals surface area contributed by atoms with Gasteiger partial charge in [-0.25, -0.2) is 9.18 Å². The van der Waals surface area contributed by atoms with E-state index in [2.05, 4.69) is 4.74 Å². The van der Waals surface area contributed by atoms with Gasteiger partial charge in [-0.1, -0.05) is 18.2 Å². The predicted octanol–water partition coefficient (Wildman–Crippen LogP) is 6.64. The Labute approximate surface area is 226 Å². The molecular weight excluding hydrogens is 542 g/mol. The number of carbonyl (C=O) groups is 1. The summed E-state index contributed by atoms with van der Waals surface area (Å²) in [5.41, 5.74) is 13.1. The van der Waals surface area contributed by atoms with Crippen LogP contribution < -0.4 is 20.9 Å². The summed E-state index contributed by atoms with van der Waals surface area (Å²) >= 11 is 0. The first-order valence-electron chi connectivity index (χ1n) is 12.0. The number of hydrogen-bond donors (Lipinski definition) is 2. The average Bonchev–Trinajstić information content (AvgIpc) is 2.88. The van der Waals surface area contributed by atoms with E-state index in [1.165, 1.54) is 18.2 Å². The second kappa shape index (κ2) is 13.1. The fraction of sp³-hybridized carbons (Fsp3) is 0.250. The van der Waals surface area contributed by atoms with Crippen molar-refractivity contribution in [1.82, 2.24) is 0 Å². The number of hydrogen-bond acceptors (Lipinski definition) is 6. The standard InChI is InChI=1S/C28H26F6N2O4/c29-23-17-22(38-14-1-13-27(30,31)32)9-10-25(23)40-28(33,34)20-6-2-18(3-7-20)4-11-26(37)39-15-12-19-5-8-21(35)16-24(19)36/h2-11,16-17H,1,12-15,35-36H2/b11-4+. The van der Waals surface area contributed by atoms with E-state index in [9.17, 15) is 31.1 Å². The van der Waals surface area contributed by atoms with Crippen LogP contribution in [0.3, 0.4) is 0 Å². The highest BCUT2D eigenvalue weighted by Gasteiger charge is 2.35. The number of alkyl halides is 5. The van der Waals surface area contributed by atoms with E-state index in [-0.39, 0.29) is 25.4 Å². The Hall–Kier alpha value is -4.35. The second-order valence-corrected chi connectivity index (χ2v) is 8.61. The first-order valence-corrected chi connectivity index (χ1v) is 12.0. The van der Waals surface area contributed by atoms with Crippen molar-refractivity contribution >= 4 is 23.4 Å². The summed E-state index contributed by atoms with van der Waals surface area (Å²) in [4.78, 5) is 12.0. The molecule has 0 saturated carbocycles. The van der Waals surface area contributed by atoms with Gasteiger partial charge in [-0.15, -0.1) is 0 Å². The Bertz CT molecular complexity index is 1330. The molecule has 6 nitrogen and oxygen atoms in total. The highest BCUT2D eigenvalue weighted by atomic mass is 19.4. The van der Waals surface area contributed by atoms with Gasteiger partial charge < -0.3 is 25.7 Å². The number of esters is 1. The molecule has 0 heterocycles. The van der Waals surface area contributed by atoms with Crippen LogP contribution in [-0.4, -0.2) is 25.4 Å². The van der Waals surface area contributed by atoms with E-state index in [4.69, 9.17) is 20.9 Å². The molecule has 3 aromatic rings. The number of halogens is 6. The SMILES string of the molecule is Nc1ccc(CCOC(=O)/C=C/c2ccc(C(F)(F)Oc3ccc(OCCCC(F)(F)F)cc3F)cc2)c(N)c1. The minimum absolute atomic E-state index is 0.0709. The third-order valence-corrected chi connectivity index (χ3v) is 5.46. The van der Waals surface area contributed by atoms with Crippen LogP contribution in [0.4, 0.5) is 37.7 Å². The zero-order valence-corrected chi connectivity index (χ0v) is 21.0. The number of ether oxygens (including phenoxy) is 3. The zero-order valence-electron chi connectivity index (χ0n) is 21.0. The van der Waals surface area contributed by atoms with E-state index >= 15 is 0 Å². The van der Waals surface area contributed by atoms with Crippen LogP contribution in [0.2, 0.25) is 0 Å². The Balaban J connectivity index is 1.51. The van der Waals surface area contributed by atoms with Crippen LogP contribution in [0, 0.1) is 5.82 Å². The summed E-state index contributed by atoms with van der Waals surface area (Å²) in [7, 11) is 0. The van der Waals surface area contributed by atoms with Crippen LogP contribution in [-0.2, 0) is 22.1 Å². The van der Waals surface area contributed by atoms with Crippen molar-refractivity contribution in [3.63, 3.8) is 0 Å². The van der Waals surface area contributed by atoms with Gasteiger partial charge >= 0.3 is 18.3 Å². The van der Waals surface area contributed by atoms with Crippen LogP contribution in [0.25, 0.3) is 6.08 Å². The minimum atomic E-state index is -4.34. The second-order valence-electron chi connectivity index (χ2n) is 8.61. The van der Waals surface area contributed by atoms with Gasteiger partial charge in [-0.3, -0.25) is 0 Å². The minimum Gasteiger partial charge on any atom is -0.493 e. The average molecular weight is 569 g/mol. The maximum Gasteiger partial charge on any atom is 0.426 e. The van der Waals surface area contributed by atoms with Gasteiger partial charge in [-0.2, -0.15) is 22.0 Å². The molecule has 0 aliphatic heterocycles. The largest absolute Gasteiger partial charge is 0.493 e. The van der Waals surface area contributed by atoms with Gasteiger partial charge in [-0.05, 0) is 60.0 Å². The van der Waals surface area contributed by atoms with E-state index in [1.54, 1.807) is 18.2 Å². The van der Waals surface area contributed by atoms with Crippen molar-refractivity contribution in [3.8, 4) is 11.5 Å². The molecule has 0 spiro atoms. The van der Waals surface area contributed by atoms with Crippen LogP contribution in [0.15, 0.2) is 66.7 Å². The molecular formula is C28H26F6N2O4. The fourth-order valence-corrected chi connectivity index (χ4v) is 3.42. The molecule has 0 aromatic heterocycles. The van der Waals surface area contributed by atoms with Gasteiger partial charge in [0, 0.05) is 36.4 Å². The molecule has 0 amide bonds. The van der Waals surface area contributed by atoms with Gasteiger partial charge in [0.05, 0.1) is 18.8 Å². The molecule has 12 heteroatoms. The van der Waals surface area contributed by atoms with E-state index < -0.39 is 41.8 Å². The van der Waals surface area contributed by atoms with E-state index in [1.807, 2.05) is 0 Å². The lowest BCUT2D eigenvalue weighted by Crippen LogP contribution is -2.22. The highest BCUT2D eigenvalue weighted by molar-refractivity contribution is 5.87. The molecule has 0 atom stereocenters. The summed E-state index contributed by atoms with van der Waals surface area (Å²) in [6, 6.07) is 12.5. The molecule has 214 valence electrons. The molecule has 0 bridgehead atoms. The van der Waals surface area contributed by atoms with Crippen LogP contribution in [0.5, 0.6) is 11.5 Å². The van der Waals surface area contributed by atoms with E-state index in [0.29, 0.717) is 23.4 Å². The topological polar surface area (TPSA) is 96.8 Å². The number of rotatable bonds is 12. The summed E-state index contributed by atoms with van der Waals surface area (Å²) in [6.45, 7) is -0.256. The molecule has 0 radical (unpaired) electrons. The van der Waals surface area contributed by atoms with Crippen molar-refractivity contribution in [2.24, 2.45) is 0 Å². The molecule has 40 heavy (non-hydrogen) atoms. The zero-order chi connectivity index (χ0) is 29.3. The lowest BCUT2D eigenvalue weighted by molar-refractivity contribution is -0.187. The maximum absolute atomic E-state index is 14.6. The van der Waals surface area contributed by atoms with Gasteiger partial charge in [0.25, 0.3) is 0 Å². The normalized spacial score (nSPS) is 11.9. The van der Waals surface area contributed by atoms with Crippen molar-refractivity contribution in [2.45, 2.75) is 31.5 Å². The predicted molar refractivity (Wildman–Crippen MR) is 137 cm³/mol.